The van der Waals surface area contributed by atoms with Crippen molar-refractivity contribution in [3.05, 3.63) is 70.4 Å². The van der Waals surface area contributed by atoms with Crippen molar-refractivity contribution < 1.29 is 4.79 Å². The average Bonchev–Trinajstić information content (AvgIpc) is 2.86. The van der Waals surface area contributed by atoms with E-state index in [0.29, 0.717) is 0 Å². The molecular weight excluding hydrogens is 246 g/mol. The Morgan fingerprint density at radius 1 is 0.950 bits per heavy atom. The second kappa shape index (κ2) is 4.64. The topological polar surface area (TPSA) is 32.9 Å². The molecule has 0 unspecified atom stereocenters. The number of fused-ring (bicyclic) bond motifs is 1. The number of H-pyrrole nitrogens is 1. The summed E-state index contributed by atoms with van der Waals surface area (Å²) in [4.78, 5) is 16.0. The molecule has 1 heterocycles. The number of hydrogen-bond acceptors (Lipinski definition) is 1. The van der Waals surface area contributed by atoms with Gasteiger partial charge in [0.25, 0.3) is 0 Å². The normalized spacial score (nSPS) is 10.9. The van der Waals surface area contributed by atoms with Gasteiger partial charge in [0.15, 0.2) is 5.78 Å². The Hall–Kier alpha value is -2.35. The van der Waals surface area contributed by atoms with Gasteiger partial charge in [-0.1, -0.05) is 29.8 Å². The van der Waals surface area contributed by atoms with Gasteiger partial charge in [0.2, 0.25) is 0 Å². The van der Waals surface area contributed by atoms with E-state index in [0.717, 1.165) is 38.7 Å². The highest BCUT2D eigenvalue weighted by atomic mass is 16.1. The van der Waals surface area contributed by atoms with E-state index in [2.05, 4.69) is 4.98 Å². The first kappa shape index (κ1) is 12.7. The van der Waals surface area contributed by atoms with E-state index >= 15 is 0 Å². The molecule has 0 aliphatic heterocycles. The molecule has 20 heavy (non-hydrogen) atoms. The lowest BCUT2D eigenvalue weighted by Crippen LogP contribution is -2.03. The summed E-state index contributed by atoms with van der Waals surface area (Å²) in [5, 5.41) is 1.03. The fourth-order valence-electron chi connectivity index (χ4n) is 2.67. The molecule has 3 rings (SSSR count). The van der Waals surface area contributed by atoms with Gasteiger partial charge in [-0.3, -0.25) is 4.79 Å². The minimum Gasteiger partial charge on any atom is -0.360 e. The first-order valence-electron chi connectivity index (χ1n) is 6.76. The largest absolute Gasteiger partial charge is 0.360 e. The summed E-state index contributed by atoms with van der Waals surface area (Å²) in [5.41, 5.74) is 5.80. The molecule has 0 saturated carbocycles. The maximum absolute atomic E-state index is 12.8. The van der Waals surface area contributed by atoms with Gasteiger partial charge in [0.1, 0.15) is 0 Å². The van der Waals surface area contributed by atoms with Crippen LogP contribution in [-0.4, -0.2) is 10.8 Å². The Kier molecular flexibility index (Phi) is 2.94. The van der Waals surface area contributed by atoms with Crippen LogP contribution in [0.2, 0.25) is 0 Å². The minimum atomic E-state index is 0.0896. The van der Waals surface area contributed by atoms with E-state index in [1.165, 1.54) is 0 Å². The molecule has 0 bridgehead atoms. The first-order valence-corrected chi connectivity index (χ1v) is 6.76. The highest BCUT2D eigenvalue weighted by molar-refractivity contribution is 6.17. The SMILES string of the molecule is Cc1ccc(C)c(C(=O)c2c[nH]c3cccc(C)c23)c1. The number of nitrogens with one attached hydrogen (secondary N) is 1. The van der Waals surface area contributed by atoms with E-state index in [4.69, 9.17) is 0 Å². The van der Waals surface area contributed by atoms with E-state index in [1.807, 2.05) is 63.4 Å². The van der Waals surface area contributed by atoms with E-state index in [1.54, 1.807) is 0 Å². The van der Waals surface area contributed by atoms with Gasteiger partial charge in [0.05, 0.1) is 0 Å². The quantitative estimate of drug-likeness (QED) is 0.686. The van der Waals surface area contributed by atoms with Crippen LogP contribution in [0.25, 0.3) is 10.9 Å². The molecule has 100 valence electrons. The number of aromatic amines is 1. The van der Waals surface area contributed by atoms with Crippen LogP contribution in [0.5, 0.6) is 0 Å². The molecule has 2 aromatic carbocycles. The molecule has 0 radical (unpaired) electrons. The van der Waals surface area contributed by atoms with Crippen LogP contribution in [-0.2, 0) is 0 Å². The summed E-state index contributed by atoms with van der Waals surface area (Å²) in [6, 6.07) is 12.0. The molecule has 1 N–H and O–H groups in total. The van der Waals surface area contributed by atoms with Crippen LogP contribution < -0.4 is 0 Å². The molecule has 0 fully saturated rings. The van der Waals surface area contributed by atoms with Gasteiger partial charge in [-0.15, -0.1) is 0 Å². The standard InChI is InChI=1S/C18H17NO/c1-11-7-8-12(2)14(9-11)18(20)15-10-19-16-6-4-5-13(3)17(15)16/h4-10,19H,1-3H3. The summed E-state index contributed by atoms with van der Waals surface area (Å²) in [5.74, 6) is 0.0896. The van der Waals surface area contributed by atoms with Gasteiger partial charge >= 0.3 is 0 Å². The summed E-state index contributed by atoms with van der Waals surface area (Å²) < 4.78 is 0. The number of ketones is 1. The third-order valence-electron chi connectivity index (χ3n) is 3.80. The van der Waals surface area contributed by atoms with Crippen molar-refractivity contribution in [3.8, 4) is 0 Å². The van der Waals surface area contributed by atoms with Crippen LogP contribution in [0, 0.1) is 20.8 Å². The van der Waals surface area contributed by atoms with Crippen molar-refractivity contribution >= 4 is 16.7 Å². The molecule has 0 aliphatic carbocycles. The number of benzene rings is 2. The molecule has 0 aliphatic rings. The molecule has 3 aromatic rings. The zero-order chi connectivity index (χ0) is 14.3. The van der Waals surface area contributed by atoms with Gasteiger partial charge in [0, 0.05) is 28.2 Å². The summed E-state index contributed by atoms with van der Waals surface area (Å²) in [6.45, 7) is 6.03. The predicted octanol–water partition coefficient (Wildman–Crippen LogP) is 4.32. The lowest BCUT2D eigenvalue weighted by molar-refractivity contribution is 0.103. The molecule has 1 aromatic heterocycles. The maximum atomic E-state index is 12.8. The first-order chi connectivity index (χ1) is 9.58. The van der Waals surface area contributed by atoms with Gasteiger partial charge < -0.3 is 4.98 Å². The number of hydrogen-bond donors (Lipinski definition) is 1. The van der Waals surface area contributed by atoms with Crippen LogP contribution in [0.3, 0.4) is 0 Å². The molecule has 2 heteroatoms. The molecule has 2 nitrogen and oxygen atoms in total. The van der Waals surface area contributed by atoms with Crippen LogP contribution in [0.4, 0.5) is 0 Å². The average molecular weight is 263 g/mol. The van der Waals surface area contributed by atoms with E-state index in [9.17, 15) is 4.79 Å². The molecule has 0 amide bonds. The Morgan fingerprint density at radius 3 is 2.55 bits per heavy atom. The molecule has 0 saturated heterocycles. The fraction of sp³-hybridized carbons (Fsp3) is 0.167. The van der Waals surface area contributed by atoms with Crippen molar-refractivity contribution in [2.75, 3.05) is 0 Å². The van der Waals surface area contributed by atoms with Crippen molar-refractivity contribution in [1.82, 2.24) is 4.98 Å². The zero-order valence-corrected chi connectivity index (χ0v) is 11.9. The number of carbonyl (C=O) groups is 1. The maximum Gasteiger partial charge on any atom is 0.195 e. The van der Waals surface area contributed by atoms with Gasteiger partial charge in [-0.05, 0) is 44.0 Å². The van der Waals surface area contributed by atoms with E-state index in [-0.39, 0.29) is 5.78 Å². The zero-order valence-electron chi connectivity index (χ0n) is 11.9. The van der Waals surface area contributed by atoms with Crippen LogP contribution in [0.15, 0.2) is 42.6 Å². The Bertz CT molecular complexity index is 811. The monoisotopic (exact) mass is 263 g/mol. The van der Waals surface area contributed by atoms with E-state index < -0.39 is 0 Å². The molecule has 0 atom stereocenters. The second-order valence-corrected chi connectivity index (χ2v) is 5.35. The summed E-state index contributed by atoms with van der Waals surface area (Å²) in [7, 11) is 0. The second-order valence-electron chi connectivity index (χ2n) is 5.35. The van der Waals surface area contributed by atoms with Crippen molar-refractivity contribution in [2.45, 2.75) is 20.8 Å². The third-order valence-corrected chi connectivity index (χ3v) is 3.80. The fourth-order valence-corrected chi connectivity index (χ4v) is 2.67. The summed E-state index contributed by atoms with van der Waals surface area (Å²) >= 11 is 0. The molecular formula is C18H17NO. The minimum absolute atomic E-state index is 0.0896. The van der Waals surface area contributed by atoms with Crippen molar-refractivity contribution in [2.24, 2.45) is 0 Å². The Labute approximate surface area is 118 Å². The van der Waals surface area contributed by atoms with Crippen molar-refractivity contribution in [1.29, 1.82) is 0 Å². The predicted molar refractivity (Wildman–Crippen MR) is 82.4 cm³/mol. The van der Waals surface area contributed by atoms with Gasteiger partial charge in [-0.25, -0.2) is 0 Å². The summed E-state index contributed by atoms with van der Waals surface area (Å²) in [6.07, 6.45) is 1.82. The number of aryl methyl sites for hydroxylation is 3. The Balaban J connectivity index is 2.21. The van der Waals surface area contributed by atoms with Crippen LogP contribution >= 0.6 is 0 Å². The number of aromatic nitrogens is 1. The highest BCUT2D eigenvalue weighted by Crippen LogP contribution is 2.25. The highest BCUT2D eigenvalue weighted by Gasteiger charge is 2.17. The van der Waals surface area contributed by atoms with Crippen LogP contribution in [0.1, 0.15) is 32.6 Å². The number of rotatable bonds is 2. The van der Waals surface area contributed by atoms with Crippen molar-refractivity contribution in [3.63, 3.8) is 0 Å². The molecule has 0 spiro atoms. The lowest BCUT2D eigenvalue weighted by Gasteiger charge is -2.06. The Morgan fingerprint density at radius 2 is 1.75 bits per heavy atom. The smallest absolute Gasteiger partial charge is 0.195 e. The number of carbonyl (C=O) groups excluding carboxylic acids is 1. The third kappa shape index (κ3) is 1.94. The van der Waals surface area contributed by atoms with Gasteiger partial charge in [-0.2, -0.15) is 0 Å². The lowest BCUT2D eigenvalue weighted by atomic mass is 9.96.